The lowest BCUT2D eigenvalue weighted by atomic mass is 9.68. The van der Waals surface area contributed by atoms with Gasteiger partial charge >= 0.3 is 0 Å². The summed E-state index contributed by atoms with van der Waals surface area (Å²) in [7, 11) is 1.64. The summed E-state index contributed by atoms with van der Waals surface area (Å²) in [4.78, 5) is 0. The van der Waals surface area contributed by atoms with Gasteiger partial charge in [0.2, 0.25) is 0 Å². The van der Waals surface area contributed by atoms with Crippen LogP contribution in [0.1, 0.15) is 38.2 Å². The Morgan fingerprint density at radius 3 is 2.28 bits per heavy atom. The van der Waals surface area contributed by atoms with E-state index in [1.807, 2.05) is 31.2 Å². The molecule has 0 radical (unpaired) electrons. The summed E-state index contributed by atoms with van der Waals surface area (Å²) in [5, 5.41) is 11.0. The van der Waals surface area contributed by atoms with Gasteiger partial charge in [-0.3, -0.25) is 0 Å². The van der Waals surface area contributed by atoms with Crippen LogP contribution >= 0.6 is 0 Å². The summed E-state index contributed by atoms with van der Waals surface area (Å²) in [6, 6.07) is 7.66. The van der Waals surface area contributed by atoms with Gasteiger partial charge in [0.15, 0.2) is 0 Å². The molecule has 3 heteroatoms. The summed E-state index contributed by atoms with van der Waals surface area (Å²) in [5.74, 6) is 0.808. The molecule has 3 nitrogen and oxygen atoms in total. The molecule has 3 N–H and O–H groups in total. The zero-order valence-electron chi connectivity index (χ0n) is 11.3. The number of nitrogens with two attached hydrogens (primary N) is 1. The van der Waals surface area contributed by atoms with E-state index in [0.29, 0.717) is 6.54 Å². The third kappa shape index (κ3) is 2.02. The Morgan fingerprint density at radius 2 is 1.83 bits per heavy atom. The Labute approximate surface area is 109 Å². The number of hydrogen-bond donors (Lipinski definition) is 2. The second-order valence-electron chi connectivity index (χ2n) is 5.49. The Morgan fingerprint density at radius 1 is 1.28 bits per heavy atom. The number of rotatable bonds is 4. The number of hydrogen-bond acceptors (Lipinski definition) is 3. The number of ether oxygens (including phenoxy) is 1. The van der Waals surface area contributed by atoms with Gasteiger partial charge in [-0.25, -0.2) is 0 Å². The maximum atomic E-state index is 11.0. The maximum Gasteiger partial charge on any atom is 0.118 e. The van der Waals surface area contributed by atoms with Crippen LogP contribution in [0.25, 0.3) is 0 Å². The van der Waals surface area contributed by atoms with Gasteiger partial charge in [0.1, 0.15) is 5.75 Å². The number of methoxy groups -OCH3 is 1. The first-order valence-electron chi connectivity index (χ1n) is 6.63. The lowest BCUT2D eigenvalue weighted by Crippen LogP contribution is -2.46. The summed E-state index contributed by atoms with van der Waals surface area (Å²) in [5.41, 5.74) is 5.84. The van der Waals surface area contributed by atoms with Crippen LogP contribution in [0, 0.1) is 5.41 Å². The molecule has 1 atom stereocenters. The zero-order valence-corrected chi connectivity index (χ0v) is 11.3. The Bertz CT molecular complexity index is 391. The molecule has 1 aliphatic rings. The molecular weight excluding hydrogens is 226 g/mol. The molecule has 0 amide bonds. The predicted octanol–water partition coefficient (Wildman–Crippen LogP) is 2.42. The van der Waals surface area contributed by atoms with Crippen molar-refractivity contribution in [2.45, 2.75) is 38.2 Å². The molecule has 0 bridgehead atoms. The summed E-state index contributed by atoms with van der Waals surface area (Å²) >= 11 is 0. The van der Waals surface area contributed by atoms with Crippen LogP contribution in [-0.2, 0) is 5.60 Å². The molecule has 2 rings (SSSR count). The van der Waals surface area contributed by atoms with Gasteiger partial charge in [0.25, 0.3) is 0 Å². The Kier molecular flexibility index (Phi) is 3.64. The Balaban J connectivity index is 2.33. The molecule has 100 valence electrons. The minimum atomic E-state index is -0.871. The van der Waals surface area contributed by atoms with Crippen molar-refractivity contribution in [2.75, 3.05) is 13.7 Å². The molecule has 0 heterocycles. The fraction of sp³-hybridized carbons (Fsp3) is 0.600. The third-order valence-electron chi connectivity index (χ3n) is 4.64. The van der Waals surface area contributed by atoms with E-state index >= 15 is 0 Å². The van der Waals surface area contributed by atoms with Gasteiger partial charge in [-0.15, -0.1) is 0 Å². The standard InChI is InChI=1S/C15H23NO2/c1-14(17,15(11-16)9-3-4-10-15)12-5-7-13(18-2)8-6-12/h5-8,17H,3-4,9-11,16H2,1-2H3. The van der Waals surface area contributed by atoms with E-state index in [1.165, 1.54) is 0 Å². The molecule has 1 fully saturated rings. The second kappa shape index (κ2) is 4.90. The average molecular weight is 249 g/mol. The van der Waals surface area contributed by atoms with E-state index in [0.717, 1.165) is 37.0 Å². The largest absolute Gasteiger partial charge is 0.497 e. The van der Waals surface area contributed by atoms with Gasteiger partial charge in [0, 0.05) is 12.0 Å². The van der Waals surface area contributed by atoms with Crippen molar-refractivity contribution >= 4 is 0 Å². The first-order valence-corrected chi connectivity index (χ1v) is 6.63. The average Bonchev–Trinajstić information content (AvgIpc) is 2.89. The topological polar surface area (TPSA) is 55.5 Å². The van der Waals surface area contributed by atoms with Crippen LogP contribution in [0.5, 0.6) is 5.75 Å². The van der Waals surface area contributed by atoms with Crippen molar-refractivity contribution in [3.8, 4) is 5.75 Å². The van der Waals surface area contributed by atoms with E-state index in [2.05, 4.69) is 0 Å². The molecule has 0 spiro atoms. The smallest absolute Gasteiger partial charge is 0.118 e. The quantitative estimate of drug-likeness (QED) is 0.861. The monoisotopic (exact) mass is 249 g/mol. The van der Waals surface area contributed by atoms with Gasteiger partial charge in [0.05, 0.1) is 12.7 Å². The summed E-state index contributed by atoms with van der Waals surface area (Å²) < 4.78 is 5.15. The SMILES string of the molecule is COc1ccc(C(C)(O)C2(CN)CCCC2)cc1. The van der Waals surface area contributed by atoms with Crippen molar-refractivity contribution in [2.24, 2.45) is 11.1 Å². The van der Waals surface area contributed by atoms with E-state index < -0.39 is 5.60 Å². The molecule has 1 unspecified atom stereocenters. The fourth-order valence-corrected chi connectivity index (χ4v) is 3.16. The van der Waals surface area contributed by atoms with Crippen molar-refractivity contribution in [1.29, 1.82) is 0 Å². The normalized spacial score (nSPS) is 21.6. The molecule has 0 aromatic heterocycles. The highest BCUT2D eigenvalue weighted by Crippen LogP contribution is 2.50. The van der Waals surface area contributed by atoms with Crippen molar-refractivity contribution in [3.05, 3.63) is 29.8 Å². The molecule has 1 aliphatic carbocycles. The minimum Gasteiger partial charge on any atom is -0.497 e. The molecule has 1 aromatic rings. The van der Waals surface area contributed by atoms with Gasteiger partial charge in [-0.05, 0) is 37.5 Å². The van der Waals surface area contributed by atoms with Crippen LogP contribution in [0.15, 0.2) is 24.3 Å². The maximum absolute atomic E-state index is 11.0. The van der Waals surface area contributed by atoms with E-state index in [1.54, 1.807) is 7.11 Å². The van der Waals surface area contributed by atoms with E-state index in [4.69, 9.17) is 10.5 Å². The summed E-state index contributed by atoms with van der Waals surface area (Å²) in [6.45, 7) is 2.43. The van der Waals surface area contributed by atoms with Crippen LogP contribution < -0.4 is 10.5 Å². The minimum absolute atomic E-state index is 0.179. The molecular formula is C15H23NO2. The van der Waals surface area contributed by atoms with Crippen LogP contribution in [0.3, 0.4) is 0 Å². The lowest BCUT2D eigenvalue weighted by molar-refractivity contribution is -0.0693. The van der Waals surface area contributed by atoms with Gasteiger partial charge in [-0.1, -0.05) is 25.0 Å². The van der Waals surface area contributed by atoms with Crippen molar-refractivity contribution in [1.82, 2.24) is 0 Å². The fourth-order valence-electron chi connectivity index (χ4n) is 3.16. The second-order valence-corrected chi connectivity index (χ2v) is 5.49. The molecule has 18 heavy (non-hydrogen) atoms. The van der Waals surface area contributed by atoms with Gasteiger partial charge < -0.3 is 15.6 Å². The lowest BCUT2D eigenvalue weighted by Gasteiger charge is -2.42. The van der Waals surface area contributed by atoms with Crippen molar-refractivity contribution < 1.29 is 9.84 Å². The molecule has 0 saturated heterocycles. The highest BCUT2D eigenvalue weighted by molar-refractivity contribution is 5.32. The zero-order chi connectivity index (χ0) is 13.2. The Hall–Kier alpha value is -1.06. The number of aliphatic hydroxyl groups is 1. The van der Waals surface area contributed by atoms with E-state index in [9.17, 15) is 5.11 Å². The third-order valence-corrected chi connectivity index (χ3v) is 4.64. The predicted molar refractivity (Wildman–Crippen MR) is 72.5 cm³/mol. The van der Waals surface area contributed by atoms with Crippen molar-refractivity contribution in [3.63, 3.8) is 0 Å². The molecule has 1 aromatic carbocycles. The summed E-state index contributed by atoms with van der Waals surface area (Å²) in [6.07, 6.45) is 4.32. The molecule has 0 aliphatic heterocycles. The van der Waals surface area contributed by atoms with E-state index in [-0.39, 0.29) is 5.41 Å². The molecule has 1 saturated carbocycles. The first-order chi connectivity index (χ1) is 8.55. The van der Waals surface area contributed by atoms with Crippen LogP contribution in [-0.4, -0.2) is 18.8 Å². The van der Waals surface area contributed by atoms with Gasteiger partial charge in [-0.2, -0.15) is 0 Å². The highest BCUT2D eigenvalue weighted by Gasteiger charge is 2.48. The van der Waals surface area contributed by atoms with Crippen LogP contribution in [0.2, 0.25) is 0 Å². The highest BCUT2D eigenvalue weighted by atomic mass is 16.5. The van der Waals surface area contributed by atoms with Crippen LogP contribution in [0.4, 0.5) is 0 Å². The first kappa shape index (κ1) is 13.4. The number of benzene rings is 1.